The minimum atomic E-state index is -1.91. The van der Waals surface area contributed by atoms with Crippen molar-refractivity contribution < 1.29 is 32.4 Å². The van der Waals surface area contributed by atoms with Gasteiger partial charge in [0.15, 0.2) is 12.4 Å². The van der Waals surface area contributed by atoms with Gasteiger partial charge in [-0.1, -0.05) is 54.6 Å². The van der Waals surface area contributed by atoms with Gasteiger partial charge >= 0.3 is 5.69 Å². The predicted molar refractivity (Wildman–Crippen MR) is 200 cm³/mol. The molecule has 0 radical (unpaired) electrons. The SMILES string of the molecule is COc1ccc(C(OC[C@H]2O[C@@H](n3ccc(N)nc3=O)[C@H](F)[C@@H]2OP(OCCC#N)N(C(C)C)C(C)C)(c2ccccc2)c2ccc(OC)cc2)cc1. The molecule has 12 nitrogen and oxygen atoms in total. The zero-order valence-electron chi connectivity index (χ0n) is 30.8. The molecule has 282 valence electrons. The molecule has 1 aromatic heterocycles. The number of benzene rings is 3. The van der Waals surface area contributed by atoms with Gasteiger partial charge < -0.3 is 33.7 Å². The lowest BCUT2D eigenvalue weighted by Gasteiger charge is -2.39. The van der Waals surface area contributed by atoms with E-state index >= 15 is 4.39 Å². The van der Waals surface area contributed by atoms with E-state index in [9.17, 15) is 10.1 Å². The van der Waals surface area contributed by atoms with E-state index in [-0.39, 0.29) is 37.5 Å². The third-order valence-electron chi connectivity index (χ3n) is 8.90. The normalized spacial score (nSPS) is 19.4. The maximum atomic E-state index is 17.0. The van der Waals surface area contributed by atoms with Crippen LogP contribution in [0.2, 0.25) is 0 Å². The molecule has 4 aromatic rings. The van der Waals surface area contributed by atoms with E-state index in [1.54, 1.807) is 14.2 Å². The number of ether oxygens (including phenoxy) is 4. The maximum absolute atomic E-state index is 17.0. The smallest absolute Gasteiger partial charge is 0.351 e. The van der Waals surface area contributed by atoms with E-state index in [4.69, 9.17) is 33.7 Å². The third kappa shape index (κ3) is 8.87. The van der Waals surface area contributed by atoms with Crippen LogP contribution in [0.4, 0.5) is 10.2 Å². The Morgan fingerprint density at radius 1 is 0.943 bits per heavy atom. The summed E-state index contributed by atoms with van der Waals surface area (Å²) < 4.78 is 57.3. The molecule has 1 saturated heterocycles. The molecule has 53 heavy (non-hydrogen) atoms. The van der Waals surface area contributed by atoms with Gasteiger partial charge in [-0.2, -0.15) is 10.2 Å². The fourth-order valence-electron chi connectivity index (χ4n) is 6.48. The minimum absolute atomic E-state index is 0.00196. The third-order valence-corrected chi connectivity index (χ3v) is 11.0. The Labute approximate surface area is 311 Å². The first-order chi connectivity index (χ1) is 25.5. The van der Waals surface area contributed by atoms with Crippen LogP contribution in [-0.2, 0) is 24.1 Å². The van der Waals surface area contributed by atoms with Crippen LogP contribution in [0.1, 0.15) is 57.0 Å². The molecule has 1 unspecified atom stereocenters. The molecule has 0 spiro atoms. The molecular formula is C39H47FN5O7P. The van der Waals surface area contributed by atoms with Crippen molar-refractivity contribution in [2.24, 2.45) is 0 Å². The van der Waals surface area contributed by atoms with Gasteiger partial charge in [0.25, 0.3) is 8.53 Å². The number of hydrogen-bond donors (Lipinski definition) is 1. The van der Waals surface area contributed by atoms with Crippen LogP contribution in [0, 0.1) is 11.3 Å². The molecule has 1 aliphatic heterocycles. The largest absolute Gasteiger partial charge is 0.497 e. The number of alkyl halides is 1. The monoisotopic (exact) mass is 747 g/mol. The highest BCUT2D eigenvalue weighted by atomic mass is 31.2. The highest BCUT2D eigenvalue weighted by Gasteiger charge is 2.51. The summed E-state index contributed by atoms with van der Waals surface area (Å²) in [6.07, 6.45) is -4.11. The van der Waals surface area contributed by atoms with Crippen molar-refractivity contribution in [2.45, 2.75) is 76.4 Å². The van der Waals surface area contributed by atoms with Crippen LogP contribution in [0.25, 0.3) is 0 Å². The molecular weight excluding hydrogens is 700 g/mol. The Kier molecular flexibility index (Phi) is 13.6. The van der Waals surface area contributed by atoms with Crippen molar-refractivity contribution in [1.29, 1.82) is 5.26 Å². The molecule has 2 heterocycles. The van der Waals surface area contributed by atoms with Gasteiger partial charge in [0.2, 0.25) is 0 Å². The fourth-order valence-corrected chi connectivity index (χ4v) is 8.24. The average Bonchev–Trinajstić information content (AvgIpc) is 3.46. The summed E-state index contributed by atoms with van der Waals surface area (Å²) in [5.74, 6) is 1.32. The lowest BCUT2D eigenvalue weighted by atomic mass is 9.80. The van der Waals surface area contributed by atoms with E-state index in [1.165, 1.54) is 12.3 Å². The Bertz CT molecular complexity index is 1800. The topological polar surface area (TPSA) is 143 Å². The van der Waals surface area contributed by atoms with E-state index in [1.807, 2.05) is 111 Å². The first-order valence-electron chi connectivity index (χ1n) is 17.4. The quantitative estimate of drug-likeness (QED) is 0.0696. The number of aromatic nitrogens is 2. The van der Waals surface area contributed by atoms with Crippen LogP contribution in [-0.4, -0.2) is 72.1 Å². The van der Waals surface area contributed by atoms with Crippen LogP contribution in [0.3, 0.4) is 0 Å². The second-order valence-electron chi connectivity index (χ2n) is 13.0. The summed E-state index contributed by atoms with van der Waals surface area (Å²) in [6, 6.07) is 28.2. The number of nitrogens with zero attached hydrogens (tertiary/aromatic N) is 4. The van der Waals surface area contributed by atoms with Crippen LogP contribution >= 0.6 is 8.53 Å². The minimum Gasteiger partial charge on any atom is -0.497 e. The van der Waals surface area contributed by atoms with Gasteiger partial charge in [-0.05, 0) is 74.7 Å². The molecule has 14 heteroatoms. The molecule has 0 bridgehead atoms. The van der Waals surface area contributed by atoms with Gasteiger partial charge in [-0.25, -0.2) is 13.9 Å². The molecule has 1 aliphatic rings. The van der Waals surface area contributed by atoms with E-state index < -0.39 is 44.4 Å². The number of rotatable bonds is 17. The summed E-state index contributed by atoms with van der Waals surface area (Å²) in [4.78, 5) is 16.8. The summed E-state index contributed by atoms with van der Waals surface area (Å²) in [6.45, 7) is 7.87. The number of anilines is 1. The lowest BCUT2D eigenvalue weighted by molar-refractivity contribution is -0.0934. The fraction of sp³-hybridized carbons (Fsp3) is 0.410. The van der Waals surface area contributed by atoms with E-state index in [2.05, 4.69) is 11.1 Å². The number of methoxy groups -OCH3 is 2. The van der Waals surface area contributed by atoms with E-state index in [0.717, 1.165) is 21.3 Å². The molecule has 2 N–H and O–H groups in total. The molecule has 0 aliphatic carbocycles. The Balaban J connectivity index is 1.62. The van der Waals surface area contributed by atoms with Crippen molar-refractivity contribution >= 4 is 14.3 Å². The van der Waals surface area contributed by atoms with Gasteiger partial charge in [-0.15, -0.1) is 0 Å². The first kappa shape index (κ1) is 39.8. The number of nitrogens with two attached hydrogens (primary N) is 1. The van der Waals surface area contributed by atoms with Crippen LogP contribution < -0.4 is 20.9 Å². The van der Waals surface area contributed by atoms with Gasteiger partial charge in [-0.3, -0.25) is 4.57 Å². The van der Waals surface area contributed by atoms with Crippen molar-refractivity contribution in [3.63, 3.8) is 0 Å². The molecule has 5 rings (SSSR count). The summed E-state index contributed by atoms with van der Waals surface area (Å²) in [5, 5.41) is 9.26. The van der Waals surface area contributed by atoms with Gasteiger partial charge in [0.05, 0.1) is 39.9 Å². The van der Waals surface area contributed by atoms with Crippen molar-refractivity contribution in [3.8, 4) is 17.6 Å². The predicted octanol–water partition coefficient (Wildman–Crippen LogP) is 6.75. The van der Waals surface area contributed by atoms with Crippen LogP contribution in [0.15, 0.2) is 95.9 Å². The molecule has 5 atom stereocenters. The molecule has 0 amide bonds. The number of nitrogen functional groups attached to an aromatic ring is 1. The summed E-state index contributed by atoms with van der Waals surface area (Å²) in [7, 11) is 1.29. The van der Waals surface area contributed by atoms with Crippen molar-refractivity contribution in [1.82, 2.24) is 14.2 Å². The lowest BCUT2D eigenvalue weighted by Crippen LogP contribution is -2.41. The standard InChI is InChI=1S/C39H47FN5O7P/c1-26(2)45(27(3)4)53(50-24-10-22-41)52-36-33(51-37(35(36)40)44-23-21-34(42)43-38(44)46)25-49-39(28-11-8-7-9-12-28,29-13-17-31(47-5)18-14-29)30-15-19-32(48-6)20-16-30/h7-9,11-21,23,26-27,33,35-37H,10,24-25H2,1-6H3,(H2,42,43,46)/t33-,35-,36-,37-,53?/m1/s1. The Morgan fingerprint density at radius 2 is 1.51 bits per heavy atom. The zero-order chi connectivity index (χ0) is 38.1. The molecule has 0 saturated carbocycles. The van der Waals surface area contributed by atoms with Crippen molar-refractivity contribution in [3.05, 3.63) is 118 Å². The number of hydrogen-bond acceptors (Lipinski definition) is 11. The maximum Gasteiger partial charge on any atom is 0.351 e. The molecule has 1 fully saturated rings. The first-order valence-corrected chi connectivity index (χ1v) is 18.5. The van der Waals surface area contributed by atoms with Gasteiger partial charge in [0, 0.05) is 18.3 Å². The second kappa shape index (κ2) is 18.1. The van der Waals surface area contributed by atoms with Gasteiger partial charge in [0.1, 0.15) is 35.1 Å². The molecule has 3 aromatic carbocycles. The highest BCUT2D eigenvalue weighted by Crippen LogP contribution is 2.51. The van der Waals surface area contributed by atoms with Crippen LogP contribution in [0.5, 0.6) is 11.5 Å². The highest BCUT2D eigenvalue weighted by molar-refractivity contribution is 7.44. The average molecular weight is 748 g/mol. The Hall–Kier alpha value is -4.41. The Morgan fingerprint density at radius 3 is 2.02 bits per heavy atom. The summed E-state index contributed by atoms with van der Waals surface area (Å²) in [5.41, 5.74) is 6.09. The number of nitriles is 1. The second-order valence-corrected chi connectivity index (χ2v) is 14.4. The summed E-state index contributed by atoms with van der Waals surface area (Å²) >= 11 is 0. The number of halogens is 1. The van der Waals surface area contributed by atoms with Crippen molar-refractivity contribution in [2.75, 3.05) is 33.2 Å². The van der Waals surface area contributed by atoms with E-state index in [0.29, 0.717) is 11.5 Å². The zero-order valence-corrected chi connectivity index (χ0v) is 31.7.